The first-order valence-electron chi connectivity index (χ1n) is 12.6. The van der Waals surface area contributed by atoms with E-state index in [1.165, 1.54) is 9.80 Å². The number of carbonyl (C=O) groups is 4. The van der Waals surface area contributed by atoms with E-state index in [-0.39, 0.29) is 35.7 Å². The van der Waals surface area contributed by atoms with Gasteiger partial charge in [0, 0.05) is 12.1 Å². The van der Waals surface area contributed by atoms with E-state index in [1.807, 2.05) is 12.1 Å². The van der Waals surface area contributed by atoms with Crippen molar-refractivity contribution >= 4 is 23.6 Å². The molecule has 2 aromatic carbocycles. The molecular weight excluding hydrogens is 428 g/mol. The first-order chi connectivity index (χ1) is 16.5. The lowest BCUT2D eigenvalue weighted by Crippen LogP contribution is -2.40. The zero-order chi connectivity index (χ0) is 23.4. The first-order valence-corrected chi connectivity index (χ1v) is 12.6. The predicted octanol–water partition coefficient (Wildman–Crippen LogP) is 5.21. The van der Waals surface area contributed by atoms with Crippen LogP contribution in [0.25, 0.3) is 11.1 Å². The van der Waals surface area contributed by atoms with Crippen LogP contribution in [0.3, 0.4) is 0 Å². The Kier molecular flexibility index (Phi) is 5.12. The van der Waals surface area contributed by atoms with E-state index in [0.717, 1.165) is 75.3 Å². The van der Waals surface area contributed by atoms with Crippen molar-refractivity contribution in [3.8, 4) is 11.1 Å². The summed E-state index contributed by atoms with van der Waals surface area (Å²) in [6.07, 6.45) is 9.97. The van der Waals surface area contributed by atoms with E-state index in [4.69, 9.17) is 0 Å². The summed E-state index contributed by atoms with van der Waals surface area (Å²) < 4.78 is 0. The Balaban J connectivity index is 1.31. The highest BCUT2D eigenvalue weighted by Gasteiger charge is 2.42. The maximum atomic E-state index is 13.2. The maximum Gasteiger partial charge on any atom is 0.261 e. The van der Waals surface area contributed by atoms with Crippen LogP contribution in [-0.2, 0) is 0 Å². The summed E-state index contributed by atoms with van der Waals surface area (Å²) >= 11 is 0. The van der Waals surface area contributed by atoms with Gasteiger partial charge in [0.05, 0.1) is 22.3 Å². The minimum Gasteiger partial charge on any atom is -0.271 e. The second-order valence-electron chi connectivity index (χ2n) is 10.1. The quantitative estimate of drug-likeness (QED) is 0.594. The van der Waals surface area contributed by atoms with Gasteiger partial charge in [0.2, 0.25) is 0 Å². The SMILES string of the molecule is O=C1c2ccc(-c3ccc4c(c3)C(=O)N(C3CCCCC3)C4=O)cc2C(=O)N1C1CCCCC1. The van der Waals surface area contributed by atoms with Crippen LogP contribution in [-0.4, -0.2) is 45.5 Å². The summed E-state index contributed by atoms with van der Waals surface area (Å²) in [4.78, 5) is 55.3. The fourth-order valence-electron chi connectivity index (χ4n) is 6.22. The minimum atomic E-state index is -0.218. The molecule has 0 aromatic heterocycles. The predicted molar refractivity (Wildman–Crippen MR) is 127 cm³/mol. The monoisotopic (exact) mass is 456 g/mol. The maximum absolute atomic E-state index is 13.2. The van der Waals surface area contributed by atoms with Crippen LogP contribution in [0.1, 0.15) is 106 Å². The van der Waals surface area contributed by atoms with Crippen molar-refractivity contribution in [3.05, 3.63) is 58.7 Å². The smallest absolute Gasteiger partial charge is 0.261 e. The van der Waals surface area contributed by atoms with E-state index < -0.39 is 0 Å². The lowest BCUT2D eigenvalue weighted by Gasteiger charge is -2.29. The lowest BCUT2D eigenvalue weighted by atomic mass is 9.94. The number of carbonyl (C=O) groups excluding carboxylic acids is 4. The molecule has 4 amide bonds. The van der Waals surface area contributed by atoms with Gasteiger partial charge in [-0.2, -0.15) is 0 Å². The van der Waals surface area contributed by atoms with E-state index in [2.05, 4.69) is 0 Å². The van der Waals surface area contributed by atoms with Gasteiger partial charge in [-0.05, 0) is 61.1 Å². The van der Waals surface area contributed by atoms with Crippen molar-refractivity contribution in [2.75, 3.05) is 0 Å². The number of nitrogens with zero attached hydrogens (tertiary/aromatic N) is 2. The molecule has 6 rings (SSSR count). The number of rotatable bonds is 3. The minimum absolute atomic E-state index is 0.0148. The molecule has 2 aliphatic heterocycles. The van der Waals surface area contributed by atoms with Crippen molar-refractivity contribution in [2.45, 2.75) is 76.3 Å². The Labute approximate surface area is 198 Å². The third-order valence-electron chi connectivity index (χ3n) is 8.05. The number of hydrogen-bond donors (Lipinski definition) is 0. The van der Waals surface area contributed by atoms with E-state index >= 15 is 0 Å². The molecule has 0 atom stereocenters. The van der Waals surface area contributed by atoms with Gasteiger partial charge >= 0.3 is 0 Å². The van der Waals surface area contributed by atoms with Gasteiger partial charge in [-0.1, -0.05) is 50.7 Å². The van der Waals surface area contributed by atoms with Crippen LogP contribution in [0.5, 0.6) is 0 Å². The molecule has 2 aromatic rings. The highest BCUT2D eigenvalue weighted by atomic mass is 16.2. The molecule has 34 heavy (non-hydrogen) atoms. The highest BCUT2D eigenvalue weighted by Crippen LogP contribution is 2.36. The molecule has 0 spiro atoms. The molecule has 2 heterocycles. The van der Waals surface area contributed by atoms with Gasteiger partial charge in [-0.25, -0.2) is 0 Å². The Bertz CT molecular complexity index is 1130. The van der Waals surface area contributed by atoms with Gasteiger partial charge in [0.25, 0.3) is 23.6 Å². The molecule has 0 unspecified atom stereocenters. The fourth-order valence-corrected chi connectivity index (χ4v) is 6.22. The normalized spacial score (nSPS) is 21.4. The van der Waals surface area contributed by atoms with Crippen LogP contribution >= 0.6 is 0 Å². The van der Waals surface area contributed by atoms with E-state index in [1.54, 1.807) is 24.3 Å². The lowest BCUT2D eigenvalue weighted by molar-refractivity contribution is 0.0533. The van der Waals surface area contributed by atoms with Gasteiger partial charge in [0.15, 0.2) is 0 Å². The van der Waals surface area contributed by atoms with Gasteiger partial charge in [-0.3, -0.25) is 29.0 Å². The van der Waals surface area contributed by atoms with Gasteiger partial charge < -0.3 is 0 Å². The van der Waals surface area contributed by atoms with E-state index in [0.29, 0.717) is 22.3 Å². The number of fused-ring (bicyclic) bond motifs is 2. The molecule has 0 bridgehead atoms. The van der Waals surface area contributed by atoms with Crippen molar-refractivity contribution in [3.63, 3.8) is 0 Å². The second-order valence-corrected chi connectivity index (χ2v) is 10.1. The molecule has 6 nitrogen and oxygen atoms in total. The third-order valence-corrected chi connectivity index (χ3v) is 8.05. The molecule has 0 radical (unpaired) electrons. The Hall–Kier alpha value is -3.28. The van der Waals surface area contributed by atoms with Crippen LogP contribution < -0.4 is 0 Å². The Morgan fingerprint density at radius 1 is 0.471 bits per heavy atom. The summed E-state index contributed by atoms with van der Waals surface area (Å²) in [6, 6.07) is 10.6. The summed E-state index contributed by atoms with van der Waals surface area (Å²) in [5.74, 6) is -0.832. The molecule has 2 fully saturated rings. The molecule has 2 saturated carbocycles. The molecule has 0 saturated heterocycles. The average molecular weight is 457 g/mol. The van der Waals surface area contributed by atoms with Gasteiger partial charge in [0.1, 0.15) is 0 Å². The van der Waals surface area contributed by atoms with Crippen LogP contribution in [0.4, 0.5) is 0 Å². The molecule has 4 aliphatic rings. The topological polar surface area (TPSA) is 74.8 Å². The molecule has 2 aliphatic carbocycles. The Morgan fingerprint density at radius 2 is 0.824 bits per heavy atom. The second kappa shape index (κ2) is 8.19. The standard InChI is InChI=1S/C28H28N2O4/c31-25-21-13-11-17(15-23(21)27(33)29(25)19-7-3-1-4-8-19)18-12-14-22-24(16-18)28(34)30(26(22)32)20-9-5-2-6-10-20/h11-16,19-20H,1-10H2. The summed E-state index contributed by atoms with van der Waals surface area (Å²) in [6.45, 7) is 0. The fraction of sp³-hybridized carbons (Fsp3) is 0.429. The number of imide groups is 2. The average Bonchev–Trinajstić information content (AvgIpc) is 3.28. The summed E-state index contributed by atoms with van der Waals surface area (Å²) in [5, 5.41) is 0. The van der Waals surface area contributed by atoms with Crippen LogP contribution in [0.15, 0.2) is 36.4 Å². The third kappa shape index (κ3) is 3.23. The summed E-state index contributed by atoms with van der Waals surface area (Å²) in [5.41, 5.74) is 3.30. The van der Waals surface area contributed by atoms with Crippen molar-refractivity contribution in [1.82, 2.24) is 9.80 Å². The Morgan fingerprint density at radius 3 is 1.21 bits per heavy atom. The molecule has 0 N–H and O–H groups in total. The summed E-state index contributed by atoms with van der Waals surface area (Å²) in [7, 11) is 0. The van der Waals surface area contributed by atoms with E-state index in [9.17, 15) is 19.2 Å². The van der Waals surface area contributed by atoms with Crippen molar-refractivity contribution < 1.29 is 19.2 Å². The van der Waals surface area contributed by atoms with Gasteiger partial charge in [-0.15, -0.1) is 0 Å². The van der Waals surface area contributed by atoms with Crippen LogP contribution in [0.2, 0.25) is 0 Å². The largest absolute Gasteiger partial charge is 0.271 e. The van der Waals surface area contributed by atoms with Crippen molar-refractivity contribution in [2.24, 2.45) is 0 Å². The number of hydrogen-bond acceptors (Lipinski definition) is 4. The molecular formula is C28H28N2O4. The highest BCUT2D eigenvalue weighted by molar-refractivity contribution is 6.23. The van der Waals surface area contributed by atoms with Crippen LogP contribution in [0, 0.1) is 0 Å². The van der Waals surface area contributed by atoms with Crippen molar-refractivity contribution in [1.29, 1.82) is 0 Å². The molecule has 6 heteroatoms. The molecule has 174 valence electrons. The first kappa shape index (κ1) is 21.3. The number of amides is 4. The number of benzene rings is 2. The zero-order valence-corrected chi connectivity index (χ0v) is 19.2. The zero-order valence-electron chi connectivity index (χ0n) is 19.2.